The third-order valence-corrected chi connectivity index (χ3v) is 6.18. The van der Waals surface area contributed by atoms with Gasteiger partial charge in [0, 0.05) is 44.9 Å². The molecule has 0 saturated carbocycles. The Hall–Kier alpha value is -3.89. The van der Waals surface area contributed by atoms with Gasteiger partial charge in [-0.05, 0) is 42.7 Å². The van der Waals surface area contributed by atoms with Gasteiger partial charge in [-0.25, -0.2) is 4.98 Å². The van der Waals surface area contributed by atoms with E-state index in [0.29, 0.717) is 24.5 Å². The molecule has 0 spiro atoms. The van der Waals surface area contributed by atoms with Gasteiger partial charge in [0.25, 0.3) is 5.89 Å². The summed E-state index contributed by atoms with van der Waals surface area (Å²) < 4.78 is 30.4. The van der Waals surface area contributed by atoms with Gasteiger partial charge in [0.2, 0.25) is 18.2 Å². The molecule has 1 aliphatic rings. The number of amides is 2. The number of rotatable bonds is 8. The SMILES string of the molecule is CC(=O)N1CCC(N(C)c2cccnc2N(C=O)Cc2ccc(-c3nnc(C(F)F)o3)cc2)CC1. The van der Waals surface area contributed by atoms with E-state index in [2.05, 4.69) is 20.1 Å². The minimum atomic E-state index is -2.83. The number of hydrogen-bond acceptors (Lipinski definition) is 7. The van der Waals surface area contributed by atoms with Crippen LogP contribution in [-0.4, -0.2) is 58.6 Å². The van der Waals surface area contributed by atoms with E-state index in [4.69, 9.17) is 4.42 Å². The van der Waals surface area contributed by atoms with Crippen LogP contribution in [0.4, 0.5) is 20.3 Å². The molecule has 184 valence electrons. The second-order valence-corrected chi connectivity index (χ2v) is 8.37. The van der Waals surface area contributed by atoms with E-state index < -0.39 is 12.3 Å². The van der Waals surface area contributed by atoms with Crippen molar-refractivity contribution >= 4 is 23.8 Å². The molecule has 0 aliphatic carbocycles. The first-order valence-electron chi connectivity index (χ1n) is 11.2. The van der Waals surface area contributed by atoms with Gasteiger partial charge in [-0.2, -0.15) is 8.78 Å². The maximum absolute atomic E-state index is 12.7. The molecular weight excluding hydrogens is 458 g/mol. The normalized spacial score (nSPS) is 14.3. The predicted octanol–water partition coefficient (Wildman–Crippen LogP) is 3.68. The Labute approximate surface area is 201 Å². The topological polar surface area (TPSA) is 95.7 Å². The fourth-order valence-corrected chi connectivity index (χ4v) is 4.20. The Morgan fingerprint density at radius 1 is 1.20 bits per heavy atom. The minimum absolute atomic E-state index is 0.00329. The Morgan fingerprint density at radius 3 is 2.51 bits per heavy atom. The number of alkyl halides is 2. The van der Waals surface area contributed by atoms with Crippen LogP contribution >= 0.6 is 0 Å². The monoisotopic (exact) mass is 484 g/mol. The zero-order chi connectivity index (χ0) is 24.9. The average Bonchev–Trinajstić information content (AvgIpc) is 3.38. The highest BCUT2D eigenvalue weighted by molar-refractivity contribution is 5.81. The maximum Gasteiger partial charge on any atom is 0.314 e. The number of nitrogens with zero attached hydrogens (tertiary/aromatic N) is 6. The van der Waals surface area contributed by atoms with Crippen LogP contribution < -0.4 is 9.80 Å². The van der Waals surface area contributed by atoms with Crippen molar-refractivity contribution in [3.05, 3.63) is 54.0 Å². The van der Waals surface area contributed by atoms with Crippen LogP contribution in [0.15, 0.2) is 47.0 Å². The number of piperidine rings is 1. The minimum Gasteiger partial charge on any atom is -0.415 e. The quantitative estimate of drug-likeness (QED) is 0.450. The van der Waals surface area contributed by atoms with Gasteiger partial charge in [-0.3, -0.25) is 14.5 Å². The highest BCUT2D eigenvalue weighted by atomic mass is 19.3. The van der Waals surface area contributed by atoms with Crippen LogP contribution in [0.1, 0.15) is 37.6 Å². The number of pyridine rings is 1. The first kappa shape index (κ1) is 24.2. The van der Waals surface area contributed by atoms with Gasteiger partial charge < -0.3 is 14.2 Å². The summed E-state index contributed by atoms with van der Waals surface area (Å²) in [6.45, 7) is 3.24. The standard InChI is InChI=1S/C24H26F2N6O3/c1-16(34)31-12-9-19(10-13-31)30(2)20-4-3-11-27-22(20)32(15-33)14-17-5-7-18(8-6-17)23-28-29-24(35-23)21(25)26/h3-8,11,15,19,21H,9-10,12-14H2,1-2H3. The van der Waals surface area contributed by atoms with Gasteiger partial charge >= 0.3 is 6.43 Å². The number of aromatic nitrogens is 3. The molecule has 0 atom stereocenters. The molecule has 1 aromatic carbocycles. The second-order valence-electron chi connectivity index (χ2n) is 8.37. The van der Waals surface area contributed by atoms with Crippen LogP contribution in [0.3, 0.4) is 0 Å². The van der Waals surface area contributed by atoms with Crippen molar-refractivity contribution in [3.63, 3.8) is 0 Å². The summed E-state index contributed by atoms with van der Waals surface area (Å²) in [5.41, 5.74) is 2.13. The summed E-state index contributed by atoms with van der Waals surface area (Å²) in [4.78, 5) is 33.7. The molecule has 0 radical (unpaired) electrons. The average molecular weight is 485 g/mol. The lowest BCUT2D eigenvalue weighted by molar-refractivity contribution is -0.129. The summed E-state index contributed by atoms with van der Waals surface area (Å²) in [6.07, 6.45) is 1.20. The Kier molecular flexibility index (Phi) is 7.33. The van der Waals surface area contributed by atoms with Gasteiger partial charge in [0.1, 0.15) is 0 Å². The second kappa shape index (κ2) is 10.6. The third kappa shape index (κ3) is 5.44. The molecule has 35 heavy (non-hydrogen) atoms. The molecule has 4 rings (SSSR count). The van der Waals surface area contributed by atoms with E-state index in [1.54, 1.807) is 37.4 Å². The van der Waals surface area contributed by atoms with E-state index in [-0.39, 0.29) is 24.4 Å². The highest BCUT2D eigenvalue weighted by Crippen LogP contribution is 2.31. The number of benzene rings is 1. The molecule has 2 amide bonds. The van der Waals surface area contributed by atoms with Crippen molar-refractivity contribution in [2.45, 2.75) is 38.8 Å². The van der Waals surface area contributed by atoms with Gasteiger partial charge in [-0.1, -0.05) is 12.1 Å². The van der Waals surface area contributed by atoms with Crippen LogP contribution in [0, 0.1) is 0 Å². The van der Waals surface area contributed by atoms with Crippen LogP contribution in [0.25, 0.3) is 11.5 Å². The lowest BCUT2D eigenvalue weighted by atomic mass is 10.0. The largest absolute Gasteiger partial charge is 0.415 e. The molecule has 3 heterocycles. The number of likely N-dealkylation sites (tertiary alicyclic amines) is 1. The molecular formula is C24H26F2N6O3. The summed E-state index contributed by atoms with van der Waals surface area (Å²) in [7, 11) is 1.98. The van der Waals surface area contributed by atoms with Gasteiger partial charge in [0.15, 0.2) is 5.82 Å². The summed E-state index contributed by atoms with van der Waals surface area (Å²) in [6, 6.07) is 10.9. The zero-order valence-corrected chi connectivity index (χ0v) is 19.5. The van der Waals surface area contributed by atoms with E-state index in [9.17, 15) is 18.4 Å². The number of hydrogen-bond donors (Lipinski definition) is 0. The summed E-state index contributed by atoms with van der Waals surface area (Å²) in [5.74, 6) is -0.111. The maximum atomic E-state index is 12.7. The van der Waals surface area contributed by atoms with E-state index in [1.165, 1.54) is 4.90 Å². The molecule has 0 bridgehead atoms. The fraction of sp³-hybridized carbons (Fsp3) is 0.375. The molecule has 0 unspecified atom stereocenters. The first-order chi connectivity index (χ1) is 16.9. The first-order valence-corrected chi connectivity index (χ1v) is 11.2. The van der Waals surface area contributed by atoms with E-state index in [1.807, 2.05) is 24.1 Å². The van der Waals surface area contributed by atoms with Crippen molar-refractivity contribution < 1.29 is 22.8 Å². The van der Waals surface area contributed by atoms with Crippen LogP contribution in [0.5, 0.6) is 0 Å². The number of halogens is 2. The molecule has 1 saturated heterocycles. The molecule has 0 N–H and O–H groups in total. The smallest absolute Gasteiger partial charge is 0.314 e. The molecule has 2 aromatic heterocycles. The molecule has 3 aromatic rings. The van der Waals surface area contributed by atoms with Crippen LogP contribution in [0.2, 0.25) is 0 Å². The lowest BCUT2D eigenvalue weighted by Crippen LogP contribution is -2.45. The van der Waals surface area contributed by atoms with Crippen molar-refractivity contribution in [1.29, 1.82) is 0 Å². The summed E-state index contributed by atoms with van der Waals surface area (Å²) >= 11 is 0. The van der Waals surface area contributed by atoms with Gasteiger partial charge in [0.05, 0.1) is 12.2 Å². The third-order valence-electron chi connectivity index (χ3n) is 6.18. The Morgan fingerprint density at radius 2 is 1.91 bits per heavy atom. The summed E-state index contributed by atoms with van der Waals surface area (Å²) in [5, 5.41) is 6.99. The number of carbonyl (C=O) groups excluding carboxylic acids is 2. The van der Waals surface area contributed by atoms with Crippen LogP contribution in [-0.2, 0) is 16.1 Å². The predicted molar refractivity (Wildman–Crippen MR) is 125 cm³/mol. The van der Waals surface area contributed by atoms with Crippen molar-refractivity contribution in [1.82, 2.24) is 20.1 Å². The number of carbonyl (C=O) groups is 2. The van der Waals surface area contributed by atoms with Crippen molar-refractivity contribution in [3.8, 4) is 11.5 Å². The van der Waals surface area contributed by atoms with Crippen molar-refractivity contribution in [2.75, 3.05) is 29.9 Å². The van der Waals surface area contributed by atoms with E-state index in [0.717, 1.165) is 30.5 Å². The Bertz CT molecular complexity index is 1160. The van der Waals surface area contributed by atoms with Gasteiger partial charge in [-0.15, -0.1) is 10.2 Å². The highest BCUT2D eigenvalue weighted by Gasteiger charge is 2.26. The molecule has 9 nitrogen and oxygen atoms in total. The molecule has 1 fully saturated rings. The lowest BCUT2D eigenvalue weighted by Gasteiger charge is -2.38. The Balaban J connectivity index is 1.48. The van der Waals surface area contributed by atoms with Crippen molar-refractivity contribution in [2.24, 2.45) is 0 Å². The molecule has 11 heteroatoms. The van der Waals surface area contributed by atoms with E-state index >= 15 is 0 Å². The fourth-order valence-electron chi connectivity index (χ4n) is 4.20. The number of anilines is 2. The zero-order valence-electron chi connectivity index (χ0n) is 19.5. The molecule has 1 aliphatic heterocycles.